The Bertz CT molecular complexity index is 445. The second kappa shape index (κ2) is 6.89. The van der Waals surface area contributed by atoms with Crippen LogP contribution in [0.25, 0.3) is 0 Å². The Kier molecular flexibility index (Phi) is 5.17. The van der Waals surface area contributed by atoms with Crippen molar-refractivity contribution in [3.63, 3.8) is 0 Å². The van der Waals surface area contributed by atoms with E-state index >= 15 is 0 Å². The summed E-state index contributed by atoms with van der Waals surface area (Å²) >= 11 is 0. The molecule has 1 aromatic rings. The fourth-order valence-corrected chi connectivity index (χ4v) is 1.05. The Morgan fingerprint density at radius 3 is 2.89 bits per heavy atom. The number of carbonyl (C=O) groups excluding carboxylic acids is 2. The van der Waals surface area contributed by atoms with E-state index in [0.717, 1.165) is 6.08 Å². The highest BCUT2D eigenvalue weighted by atomic mass is 16.5. The van der Waals surface area contributed by atoms with Gasteiger partial charge in [-0.05, 0) is 19.1 Å². The molecule has 4 N–H and O–H groups in total. The fourth-order valence-electron chi connectivity index (χ4n) is 1.05. The third kappa shape index (κ3) is 4.52. The molecule has 0 aliphatic carbocycles. The summed E-state index contributed by atoms with van der Waals surface area (Å²) in [5.74, 6) is -1.02. The first-order chi connectivity index (χ1) is 8.63. The van der Waals surface area contributed by atoms with Gasteiger partial charge in [-0.25, -0.2) is 4.79 Å². The molecule has 0 aliphatic heterocycles. The fraction of sp³-hybridized carbons (Fsp3) is 0.182. The van der Waals surface area contributed by atoms with Crippen molar-refractivity contribution < 1.29 is 14.3 Å². The smallest absolute Gasteiger partial charge is 0.334 e. The lowest BCUT2D eigenvalue weighted by atomic mass is 10.3. The topological polar surface area (TPSA) is 106 Å². The average Bonchev–Trinajstić information content (AvgIpc) is 2.37. The van der Waals surface area contributed by atoms with Gasteiger partial charge in [-0.3, -0.25) is 20.6 Å². The molecule has 0 saturated carbocycles. The van der Waals surface area contributed by atoms with Gasteiger partial charge in [0, 0.05) is 12.4 Å². The molecule has 1 rings (SSSR count). The number of rotatable bonds is 5. The van der Waals surface area contributed by atoms with E-state index in [1.807, 2.05) is 0 Å². The minimum absolute atomic E-state index is 0.0225. The van der Waals surface area contributed by atoms with E-state index in [0.29, 0.717) is 5.56 Å². The van der Waals surface area contributed by atoms with Crippen molar-refractivity contribution in [2.75, 3.05) is 6.61 Å². The van der Waals surface area contributed by atoms with Gasteiger partial charge in [-0.1, -0.05) is 0 Å². The highest BCUT2D eigenvalue weighted by Crippen LogP contribution is 1.94. The minimum atomic E-state index is -0.585. The van der Waals surface area contributed by atoms with Gasteiger partial charge in [0.05, 0.1) is 18.2 Å². The van der Waals surface area contributed by atoms with E-state index in [1.165, 1.54) is 6.20 Å². The summed E-state index contributed by atoms with van der Waals surface area (Å²) in [6.07, 6.45) is 3.99. The van der Waals surface area contributed by atoms with E-state index in [2.05, 4.69) is 20.6 Å². The first-order valence-electron chi connectivity index (χ1n) is 5.23. The second-order valence-electron chi connectivity index (χ2n) is 3.17. The van der Waals surface area contributed by atoms with Crippen LogP contribution in [0.15, 0.2) is 36.4 Å². The number of esters is 1. The van der Waals surface area contributed by atoms with Crippen LogP contribution in [0.4, 0.5) is 0 Å². The van der Waals surface area contributed by atoms with Gasteiger partial charge < -0.3 is 10.5 Å². The summed E-state index contributed by atoms with van der Waals surface area (Å²) in [5.41, 5.74) is 10.5. The van der Waals surface area contributed by atoms with Gasteiger partial charge in [0.25, 0.3) is 5.91 Å². The molecule has 7 heteroatoms. The Hall–Kier alpha value is -2.57. The van der Waals surface area contributed by atoms with E-state index in [1.54, 1.807) is 25.3 Å². The highest BCUT2D eigenvalue weighted by Gasteiger charge is 2.04. The molecule has 1 amide bonds. The highest BCUT2D eigenvalue weighted by molar-refractivity contribution is 5.93. The Balaban J connectivity index is 2.46. The number of aromatic nitrogens is 1. The molecule has 0 atom stereocenters. The van der Waals surface area contributed by atoms with Crippen molar-refractivity contribution in [1.29, 1.82) is 0 Å². The lowest BCUT2D eigenvalue weighted by Crippen LogP contribution is -2.39. The minimum Gasteiger partial charge on any atom is -0.463 e. The number of hydrogen-bond donors (Lipinski definition) is 3. The SMILES string of the molecule is CCOC(=O)C=C(N)NNC(=O)c1cccnc1. The number of amides is 1. The summed E-state index contributed by atoms with van der Waals surface area (Å²) in [6, 6.07) is 3.22. The zero-order valence-corrected chi connectivity index (χ0v) is 9.84. The number of nitrogens with one attached hydrogen (secondary N) is 2. The molecule has 1 aromatic heterocycles. The van der Waals surface area contributed by atoms with Crippen LogP contribution in [-0.4, -0.2) is 23.5 Å². The van der Waals surface area contributed by atoms with Crippen molar-refractivity contribution in [2.24, 2.45) is 5.73 Å². The third-order valence-electron chi connectivity index (χ3n) is 1.80. The molecule has 7 nitrogen and oxygen atoms in total. The number of nitrogens with zero attached hydrogens (tertiary/aromatic N) is 1. The maximum Gasteiger partial charge on any atom is 0.334 e. The van der Waals surface area contributed by atoms with E-state index in [9.17, 15) is 9.59 Å². The van der Waals surface area contributed by atoms with Gasteiger partial charge in [0.15, 0.2) is 0 Å². The first kappa shape index (κ1) is 13.5. The van der Waals surface area contributed by atoms with Gasteiger partial charge in [0.1, 0.15) is 5.82 Å². The number of carbonyl (C=O) groups is 2. The molecule has 0 fully saturated rings. The van der Waals surface area contributed by atoms with Crippen molar-refractivity contribution in [3.8, 4) is 0 Å². The van der Waals surface area contributed by atoms with Gasteiger partial charge >= 0.3 is 5.97 Å². The monoisotopic (exact) mass is 250 g/mol. The summed E-state index contributed by atoms with van der Waals surface area (Å²) in [7, 11) is 0. The number of hydrogen-bond acceptors (Lipinski definition) is 6. The lowest BCUT2D eigenvalue weighted by Gasteiger charge is -2.07. The van der Waals surface area contributed by atoms with E-state index < -0.39 is 11.9 Å². The number of pyridine rings is 1. The molecular weight excluding hydrogens is 236 g/mol. The van der Waals surface area contributed by atoms with Crippen molar-refractivity contribution in [3.05, 3.63) is 42.0 Å². The predicted octanol–water partition coefficient (Wildman–Crippen LogP) is -0.321. The molecule has 0 aromatic carbocycles. The van der Waals surface area contributed by atoms with Crippen LogP contribution in [0.2, 0.25) is 0 Å². The zero-order valence-electron chi connectivity index (χ0n) is 9.84. The number of nitrogens with two attached hydrogens (primary N) is 1. The number of hydrazine groups is 1. The standard InChI is InChI=1S/C11H14N4O3/c1-2-18-10(16)6-9(12)14-15-11(17)8-4-3-5-13-7-8/h3-7,14H,2,12H2,1H3,(H,15,17). The maximum atomic E-state index is 11.5. The summed E-state index contributed by atoms with van der Waals surface area (Å²) in [6.45, 7) is 1.93. The predicted molar refractivity (Wildman–Crippen MR) is 63.7 cm³/mol. The summed E-state index contributed by atoms with van der Waals surface area (Å²) < 4.78 is 4.65. The molecular formula is C11H14N4O3. The zero-order chi connectivity index (χ0) is 13.4. The Morgan fingerprint density at radius 2 is 2.28 bits per heavy atom. The van der Waals surface area contributed by atoms with Crippen molar-refractivity contribution in [1.82, 2.24) is 15.8 Å². The normalized spacial score (nSPS) is 10.6. The van der Waals surface area contributed by atoms with Crippen LogP contribution < -0.4 is 16.6 Å². The van der Waals surface area contributed by atoms with Gasteiger partial charge in [0.2, 0.25) is 0 Å². The summed E-state index contributed by atoms with van der Waals surface area (Å²) in [5, 5.41) is 0. The maximum absolute atomic E-state index is 11.5. The van der Waals surface area contributed by atoms with E-state index in [4.69, 9.17) is 5.73 Å². The quantitative estimate of drug-likeness (QED) is 0.375. The molecule has 0 unspecified atom stereocenters. The van der Waals surface area contributed by atoms with Crippen molar-refractivity contribution in [2.45, 2.75) is 6.92 Å². The largest absolute Gasteiger partial charge is 0.463 e. The average molecular weight is 250 g/mol. The van der Waals surface area contributed by atoms with Crippen LogP contribution in [-0.2, 0) is 9.53 Å². The van der Waals surface area contributed by atoms with Crippen LogP contribution >= 0.6 is 0 Å². The second-order valence-corrected chi connectivity index (χ2v) is 3.17. The van der Waals surface area contributed by atoms with Crippen LogP contribution in [0.3, 0.4) is 0 Å². The van der Waals surface area contributed by atoms with Crippen LogP contribution in [0, 0.1) is 0 Å². The first-order valence-corrected chi connectivity index (χ1v) is 5.23. The van der Waals surface area contributed by atoms with Crippen LogP contribution in [0.5, 0.6) is 0 Å². The molecule has 0 bridgehead atoms. The Labute approximate surface area is 104 Å². The third-order valence-corrected chi connectivity index (χ3v) is 1.80. The summed E-state index contributed by atoms with van der Waals surface area (Å²) in [4.78, 5) is 26.4. The molecule has 0 radical (unpaired) electrons. The molecule has 18 heavy (non-hydrogen) atoms. The lowest BCUT2D eigenvalue weighted by molar-refractivity contribution is -0.137. The molecule has 0 spiro atoms. The molecule has 0 saturated heterocycles. The van der Waals surface area contributed by atoms with Gasteiger partial charge in [-0.2, -0.15) is 0 Å². The molecule has 0 aliphatic rings. The Morgan fingerprint density at radius 1 is 1.50 bits per heavy atom. The van der Waals surface area contributed by atoms with E-state index in [-0.39, 0.29) is 12.4 Å². The van der Waals surface area contributed by atoms with Gasteiger partial charge in [-0.15, -0.1) is 0 Å². The molecule has 1 heterocycles. The van der Waals surface area contributed by atoms with Crippen LogP contribution in [0.1, 0.15) is 17.3 Å². The van der Waals surface area contributed by atoms with Crippen molar-refractivity contribution >= 4 is 11.9 Å². The number of ether oxygens (including phenoxy) is 1. The molecule has 96 valence electrons.